The van der Waals surface area contributed by atoms with Crippen molar-refractivity contribution in [3.63, 3.8) is 0 Å². The van der Waals surface area contributed by atoms with Crippen LogP contribution in [0.25, 0.3) is 22.3 Å². The van der Waals surface area contributed by atoms with E-state index in [-0.39, 0.29) is 18.6 Å². The maximum atomic E-state index is 13.2. The van der Waals surface area contributed by atoms with E-state index in [1.54, 1.807) is 23.8 Å². The predicted octanol–water partition coefficient (Wildman–Crippen LogP) is 1.39. The molecule has 164 valence electrons. The van der Waals surface area contributed by atoms with E-state index in [1.807, 2.05) is 24.3 Å². The van der Waals surface area contributed by atoms with Crippen molar-refractivity contribution in [2.45, 2.75) is 32.1 Å². The highest BCUT2D eigenvalue weighted by Crippen LogP contribution is 2.38. The molecule has 0 unspecified atom stereocenters. The van der Waals surface area contributed by atoms with Crippen molar-refractivity contribution in [1.82, 2.24) is 9.55 Å². The van der Waals surface area contributed by atoms with Gasteiger partial charge in [0.2, 0.25) is 0 Å². The lowest BCUT2D eigenvalue weighted by atomic mass is 9.86. The molecule has 2 aliphatic rings. The Morgan fingerprint density at radius 2 is 2.19 bits per heavy atom. The Bertz CT molecular complexity index is 1350. The molecule has 0 radical (unpaired) electrons. The number of rotatable bonds is 5. The molecule has 0 bridgehead atoms. The highest BCUT2D eigenvalue weighted by Gasteiger charge is 2.45. The topological polar surface area (TPSA) is 129 Å². The monoisotopic (exact) mass is 434 g/mol. The summed E-state index contributed by atoms with van der Waals surface area (Å²) in [5, 5.41) is 15.7. The number of esters is 1. The number of ether oxygens (including phenoxy) is 1. The second-order valence-corrected chi connectivity index (χ2v) is 7.91. The van der Waals surface area contributed by atoms with E-state index in [4.69, 9.17) is 20.3 Å². The van der Waals surface area contributed by atoms with Gasteiger partial charge in [0.05, 0.1) is 35.2 Å². The zero-order valence-corrected chi connectivity index (χ0v) is 17.5. The van der Waals surface area contributed by atoms with Gasteiger partial charge in [0, 0.05) is 23.1 Å². The van der Waals surface area contributed by atoms with Gasteiger partial charge in [-0.15, -0.1) is 0 Å². The fourth-order valence-electron chi connectivity index (χ4n) is 4.29. The molecule has 2 aromatic heterocycles. The number of fused-ring (bicyclic) bond motifs is 5. The van der Waals surface area contributed by atoms with Crippen LogP contribution in [-0.2, 0) is 33.1 Å². The van der Waals surface area contributed by atoms with Gasteiger partial charge in [-0.3, -0.25) is 4.79 Å². The minimum Gasteiger partial charge on any atom is -0.458 e. The van der Waals surface area contributed by atoms with Gasteiger partial charge in [-0.1, -0.05) is 18.1 Å². The number of benzene rings is 1. The van der Waals surface area contributed by atoms with Gasteiger partial charge in [0.25, 0.3) is 5.56 Å². The lowest BCUT2D eigenvalue weighted by Gasteiger charge is -2.31. The molecule has 2 aliphatic heterocycles. The number of hydrogen-bond acceptors (Lipinski definition) is 8. The average Bonchev–Trinajstić information content (AvgIpc) is 3.16. The maximum Gasteiger partial charge on any atom is 0.343 e. The molecular formula is C23H22N4O5. The summed E-state index contributed by atoms with van der Waals surface area (Å²) in [5.74, 6) is -0.730. The number of aromatic nitrogens is 2. The van der Waals surface area contributed by atoms with Gasteiger partial charge in [-0.2, -0.15) is 0 Å². The second kappa shape index (κ2) is 7.54. The van der Waals surface area contributed by atoms with Gasteiger partial charge in [0.1, 0.15) is 13.2 Å². The summed E-state index contributed by atoms with van der Waals surface area (Å²) in [5.41, 5.74) is 7.65. The van der Waals surface area contributed by atoms with E-state index in [1.165, 1.54) is 0 Å². The first-order valence-electron chi connectivity index (χ1n) is 10.4. The highest BCUT2D eigenvalue weighted by atomic mass is 16.6. The van der Waals surface area contributed by atoms with E-state index in [0.717, 1.165) is 22.0 Å². The van der Waals surface area contributed by atoms with Crippen molar-refractivity contribution >= 4 is 23.1 Å². The molecule has 9 heteroatoms. The summed E-state index contributed by atoms with van der Waals surface area (Å²) in [4.78, 5) is 35.3. The van der Waals surface area contributed by atoms with Crippen molar-refractivity contribution in [1.29, 1.82) is 0 Å². The van der Waals surface area contributed by atoms with Crippen LogP contribution in [0.15, 0.2) is 40.3 Å². The number of carbonyl (C=O) groups excluding carboxylic acids is 1. The van der Waals surface area contributed by atoms with Crippen LogP contribution in [0.1, 0.15) is 35.6 Å². The summed E-state index contributed by atoms with van der Waals surface area (Å²) in [6.45, 7) is 2.64. The third-order valence-corrected chi connectivity index (χ3v) is 6.02. The van der Waals surface area contributed by atoms with Crippen LogP contribution in [0.3, 0.4) is 0 Å². The molecule has 3 N–H and O–H groups in total. The van der Waals surface area contributed by atoms with Gasteiger partial charge < -0.3 is 25.0 Å². The molecule has 5 rings (SSSR count). The lowest BCUT2D eigenvalue weighted by Crippen LogP contribution is -2.44. The molecule has 0 spiro atoms. The molecule has 0 fully saturated rings. The molecule has 0 saturated carbocycles. The number of nitrogens with two attached hydrogens (primary N) is 1. The van der Waals surface area contributed by atoms with Crippen LogP contribution >= 0.6 is 0 Å². The molecule has 3 aromatic rings. The first kappa shape index (κ1) is 20.3. The van der Waals surface area contributed by atoms with Crippen LogP contribution in [0.2, 0.25) is 0 Å². The van der Waals surface area contributed by atoms with Crippen molar-refractivity contribution in [2.24, 2.45) is 10.9 Å². The Labute approximate surface area is 183 Å². The highest BCUT2D eigenvalue weighted by molar-refractivity contribution is 5.91. The molecule has 0 amide bonds. The molecule has 32 heavy (non-hydrogen) atoms. The Hall–Kier alpha value is -3.56. The molecule has 0 aliphatic carbocycles. The number of aliphatic hydroxyl groups is 1. The van der Waals surface area contributed by atoms with E-state index >= 15 is 0 Å². The smallest absolute Gasteiger partial charge is 0.343 e. The number of pyridine rings is 2. The quantitative estimate of drug-likeness (QED) is 0.210. The normalized spacial score (nSPS) is 19.0. The molecule has 1 atom stereocenters. The summed E-state index contributed by atoms with van der Waals surface area (Å²) in [7, 11) is 0. The zero-order valence-electron chi connectivity index (χ0n) is 17.5. The van der Waals surface area contributed by atoms with Crippen LogP contribution in [0.5, 0.6) is 0 Å². The molecule has 4 heterocycles. The van der Waals surface area contributed by atoms with Gasteiger partial charge in [0.15, 0.2) is 5.60 Å². The number of oxime groups is 1. The first-order valence-corrected chi connectivity index (χ1v) is 10.4. The Kier molecular flexibility index (Phi) is 4.79. The van der Waals surface area contributed by atoms with Gasteiger partial charge >= 0.3 is 5.97 Å². The van der Waals surface area contributed by atoms with Crippen LogP contribution < -0.4 is 11.3 Å². The average molecular weight is 434 g/mol. The third-order valence-electron chi connectivity index (χ3n) is 6.02. The summed E-state index contributed by atoms with van der Waals surface area (Å²) >= 11 is 0. The van der Waals surface area contributed by atoms with Crippen LogP contribution in [-0.4, -0.2) is 40.0 Å². The van der Waals surface area contributed by atoms with E-state index in [0.29, 0.717) is 42.2 Å². The fraction of sp³-hybridized carbons (Fsp3) is 0.304. The first-order chi connectivity index (χ1) is 15.5. The number of hydrogen-bond donors (Lipinski definition) is 2. The minimum atomic E-state index is -1.83. The molecule has 0 saturated heterocycles. The van der Waals surface area contributed by atoms with Gasteiger partial charge in [-0.25, -0.2) is 9.78 Å². The third kappa shape index (κ3) is 3.01. The lowest BCUT2D eigenvalue weighted by molar-refractivity contribution is -0.172. The van der Waals surface area contributed by atoms with Gasteiger partial charge in [-0.05, 0) is 36.2 Å². The van der Waals surface area contributed by atoms with Crippen molar-refractivity contribution in [3.05, 3.63) is 62.9 Å². The van der Waals surface area contributed by atoms with E-state index < -0.39 is 11.6 Å². The summed E-state index contributed by atoms with van der Waals surface area (Å²) < 4.78 is 6.72. The maximum absolute atomic E-state index is 13.2. The second-order valence-electron chi connectivity index (χ2n) is 7.91. The summed E-state index contributed by atoms with van der Waals surface area (Å²) in [6.07, 6.45) is 1.72. The van der Waals surface area contributed by atoms with Crippen LogP contribution in [0.4, 0.5) is 0 Å². The molecule has 9 nitrogen and oxygen atoms in total. The van der Waals surface area contributed by atoms with Crippen molar-refractivity contribution < 1.29 is 19.5 Å². The van der Waals surface area contributed by atoms with Crippen LogP contribution in [0, 0.1) is 0 Å². The summed E-state index contributed by atoms with van der Waals surface area (Å²) in [6, 6.07) is 9.39. The van der Waals surface area contributed by atoms with Crippen molar-refractivity contribution in [3.8, 4) is 11.4 Å². The SMILES string of the molecule is CC[C@@]1(O)C(=O)OCc2c1cc1n(c2=O)Cc2cc3cc(C=NOCCN)ccc3nc2-1. The van der Waals surface area contributed by atoms with E-state index in [2.05, 4.69) is 5.16 Å². The van der Waals surface area contributed by atoms with E-state index in [9.17, 15) is 14.7 Å². The molecular weight excluding hydrogens is 412 g/mol. The number of cyclic esters (lactones) is 1. The van der Waals surface area contributed by atoms with Crippen molar-refractivity contribution in [2.75, 3.05) is 13.2 Å². The molecule has 1 aromatic carbocycles. The number of carbonyl (C=O) groups is 1. The predicted molar refractivity (Wildman–Crippen MR) is 117 cm³/mol. The largest absolute Gasteiger partial charge is 0.458 e. The fourth-order valence-corrected chi connectivity index (χ4v) is 4.29. The zero-order chi connectivity index (χ0) is 22.5. The Morgan fingerprint density at radius 1 is 1.34 bits per heavy atom. The standard InChI is InChI=1S/C23H22N4O5/c1-2-23(30)17-9-19-20-15(11-27(19)21(28)16(17)12-31-22(23)29)8-14-7-13(3-4-18(14)26-20)10-25-32-6-5-24/h3-4,7-10,30H,2,5-6,11-12,24H2,1H3/t23-/m0/s1. The Morgan fingerprint density at radius 3 is 2.97 bits per heavy atom. The minimum absolute atomic E-state index is 0.110. The number of nitrogens with zero attached hydrogens (tertiary/aromatic N) is 3. The Balaban J connectivity index is 1.60.